The molecule has 1 aliphatic heterocycles. The molecule has 0 saturated carbocycles. The van der Waals surface area contributed by atoms with Crippen molar-refractivity contribution in [3.05, 3.63) is 12.4 Å². The third kappa shape index (κ3) is 6.59. The first kappa shape index (κ1) is 17.8. The maximum absolute atomic E-state index is 12.0. The Balaban J connectivity index is 1.73. The first-order chi connectivity index (χ1) is 11.2. The molecule has 1 atom stereocenters. The molecule has 0 aromatic carbocycles. The van der Waals surface area contributed by atoms with Crippen LogP contribution in [0, 0.1) is 0 Å². The smallest absolute Gasteiger partial charge is 0.241 e. The Morgan fingerprint density at radius 2 is 2.39 bits per heavy atom. The molecule has 0 radical (unpaired) electrons. The summed E-state index contributed by atoms with van der Waals surface area (Å²) in [6.07, 6.45) is 3.63. The molecule has 1 aromatic heterocycles. The predicted molar refractivity (Wildman–Crippen MR) is 89.5 cm³/mol. The molecule has 1 fully saturated rings. The molecule has 0 bridgehead atoms. The molecule has 1 aliphatic rings. The summed E-state index contributed by atoms with van der Waals surface area (Å²) in [5.74, 6) is 1.85. The molecular weight excluding hydrogens is 318 g/mol. The van der Waals surface area contributed by atoms with Gasteiger partial charge >= 0.3 is 0 Å². The molecule has 9 heteroatoms. The lowest BCUT2D eigenvalue weighted by Gasteiger charge is -2.22. The maximum Gasteiger partial charge on any atom is 0.241 e. The highest BCUT2D eigenvalue weighted by Gasteiger charge is 2.17. The summed E-state index contributed by atoms with van der Waals surface area (Å²) in [6.45, 7) is 1.99. The summed E-state index contributed by atoms with van der Waals surface area (Å²) in [5.41, 5.74) is 0.600. The van der Waals surface area contributed by atoms with Gasteiger partial charge in [0.05, 0.1) is 18.5 Å². The van der Waals surface area contributed by atoms with Gasteiger partial charge in [-0.2, -0.15) is 16.9 Å². The van der Waals surface area contributed by atoms with Crippen LogP contribution < -0.4 is 16.0 Å². The van der Waals surface area contributed by atoms with Crippen molar-refractivity contribution in [1.29, 1.82) is 0 Å². The van der Waals surface area contributed by atoms with Crippen LogP contribution >= 0.6 is 11.8 Å². The van der Waals surface area contributed by atoms with Crippen LogP contribution in [-0.2, 0) is 20.9 Å². The highest BCUT2D eigenvalue weighted by atomic mass is 32.2. The van der Waals surface area contributed by atoms with Crippen LogP contribution in [0.5, 0.6) is 0 Å². The summed E-state index contributed by atoms with van der Waals surface area (Å²) >= 11 is 1.86. The average molecular weight is 341 g/mol. The van der Waals surface area contributed by atoms with E-state index in [1.54, 1.807) is 19.5 Å². The third-order valence-corrected chi connectivity index (χ3v) is 4.41. The zero-order valence-corrected chi connectivity index (χ0v) is 14.0. The zero-order valence-electron chi connectivity index (χ0n) is 13.2. The number of methoxy groups -OCH3 is 1. The lowest BCUT2D eigenvalue weighted by Crippen LogP contribution is -2.39. The lowest BCUT2D eigenvalue weighted by atomic mass is 10.2. The van der Waals surface area contributed by atoms with Gasteiger partial charge in [0.25, 0.3) is 0 Å². The number of thioether (sulfide) groups is 1. The minimum Gasteiger partial charge on any atom is -0.383 e. The van der Waals surface area contributed by atoms with Gasteiger partial charge in [0.15, 0.2) is 0 Å². The number of ether oxygens (including phenoxy) is 1. The van der Waals surface area contributed by atoms with E-state index in [9.17, 15) is 9.59 Å². The van der Waals surface area contributed by atoms with Crippen molar-refractivity contribution >= 4 is 29.3 Å². The van der Waals surface area contributed by atoms with Crippen molar-refractivity contribution < 1.29 is 14.3 Å². The second kappa shape index (κ2) is 9.53. The minimum absolute atomic E-state index is 0.0471. The van der Waals surface area contributed by atoms with E-state index in [0.29, 0.717) is 25.3 Å². The Kier molecular flexibility index (Phi) is 7.37. The molecule has 2 rings (SSSR count). The Hall–Kier alpha value is -1.58. The monoisotopic (exact) mass is 341 g/mol. The Morgan fingerprint density at radius 1 is 1.52 bits per heavy atom. The van der Waals surface area contributed by atoms with E-state index in [1.165, 1.54) is 4.68 Å². The number of carbonyl (C=O) groups is 2. The van der Waals surface area contributed by atoms with Crippen molar-refractivity contribution in [2.45, 2.75) is 19.0 Å². The number of hydrogen-bond donors (Lipinski definition) is 3. The van der Waals surface area contributed by atoms with Crippen LogP contribution in [0.25, 0.3) is 0 Å². The number of hydrogen-bond acceptors (Lipinski definition) is 6. The fourth-order valence-corrected chi connectivity index (χ4v) is 3.15. The third-order valence-electron chi connectivity index (χ3n) is 3.28. The number of aromatic nitrogens is 2. The van der Waals surface area contributed by atoms with Gasteiger partial charge in [-0.3, -0.25) is 14.3 Å². The molecule has 3 N–H and O–H groups in total. The van der Waals surface area contributed by atoms with Gasteiger partial charge in [-0.05, 0) is 0 Å². The topological polar surface area (TPSA) is 97.3 Å². The molecule has 1 aromatic rings. The summed E-state index contributed by atoms with van der Waals surface area (Å²) in [5, 5.41) is 12.9. The van der Waals surface area contributed by atoms with Crippen molar-refractivity contribution in [3.63, 3.8) is 0 Å². The predicted octanol–water partition coefficient (Wildman–Crippen LogP) is -0.321. The molecule has 2 heterocycles. The van der Waals surface area contributed by atoms with Crippen molar-refractivity contribution in [1.82, 2.24) is 20.4 Å². The van der Waals surface area contributed by atoms with E-state index in [2.05, 4.69) is 21.0 Å². The first-order valence-electron chi connectivity index (χ1n) is 7.56. The molecule has 2 amide bonds. The molecule has 1 unspecified atom stereocenters. The molecule has 128 valence electrons. The molecular formula is C14H23N5O3S. The van der Waals surface area contributed by atoms with E-state index in [0.717, 1.165) is 18.1 Å². The first-order valence-corrected chi connectivity index (χ1v) is 8.72. The maximum atomic E-state index is 12.0. The van der Waals surface area contributed by atoms with Crippen LogP contribution in [0.1, 0.15) is 6.42 Å². The van der Waals surface area contributed by atoms with E-state index >= 15 is 0 Å². The fourth-order valence-electron chi connectivity index (χ4n) is 2.20. The van der Waals surface area contributed by atoms with Crippen LogP contribution in [0.2, 0.25) is 0 Å². The normalized spacial score (nSPS) is 17.7. The van der Waals surface area contributed by atoms with Crippen LogP contribution in [0.15, 0.2) is 12.4 Å². The molecule has 1 saturated heterocycles. The Morgan fingerprint density at radius 3 is 3.13 bits per heavy atom. The van der Waals surface area contributed by atoms with Gasteiger partial charge < -0.3 is 20.7 Å². The summed E-state index contributed by atoms with van der Waals surface area (Å²) in [6, 6.07) is 0.218. The quantitative estimate of drug-likeness (QED) is 0.561. The number of nitrogens with zero attached hydrogens (tertiary/aromatic N) is 2. The van der Waals surface area contributed by atoms with Crippen LogP contribution in [-0.4, -0.2) is 65.9 Å². The van der Waals surface area contributed by atoms with Crippen molar-refractivity contribution in [3.8, 4) is 0 Å². The standard InChI is InChI=1S/C14H23N5O3S/c1-22-4-2-16-14(21)9-19-8-12(7-17-19)18-13(20)6-11-10-23-5-3-15-11/h7-8,11,15H,2-6,9-10H2,1H3,(H,16,21)(H,18,20). The molecule has 0 aliphatic carbocycles. The van der Waals surface area contributed by atoms with Crippen LogP contribution in [0.3, 0.4) is 0 Å². The number of nitrogens with one attached hydrogen (secondary N) is 3. The van der Waals surface area contributed by atoms with E-state index in [1.807, 2.05) is 11.8 Å². The zero-order chi connectivity index (χ0) is 16.5. The minimum atomic E-state index is -0.147. The van der Waals surface area contributed by atoms with E-state index in [-0.39, 0.29) is 24.4 Å². The lowest BCUT2D eigenvalue weighted by molar-refractivity contribution is -0.122. The van der Waals surface area contributed by atoms with Gasteiger partial charge in [-0.15, -0.1) is 0 Å². The van der Waals surface area contributed by atoms with Crippen molar-refractivity contribution in [2.24, 2.45) is 0 Å². The number of anilines is 1. The van der Waals surface area contributed by atoms with Crippen molar-refractivity contribution in [2.75, 3.05) is 43.6 Å². The largest absolute Gasteiger partial charge is 0.383 e. The highest BCUT2D eigenvalue weighted by molar-refractivity contribution is 7.99. The number of amides is 2. The highest BCUT2D eigenvalue weighted by Crippen LogP contribution is 2.12. The summed E-state index contributed by atoms with van der Waals surface area (Å²) in [4.78, 5) is 23.7. The molecule has 8 nitrogen and oxygen atoms in total. The van der Waals surface area contributed by atoms with Gasteiger partial charge in [0.2, 0.25) is 11.8 Å². The molecule has 0 spiro atoms. The fraction of sp³-hybridized carbons (Fsp3) is 0.643. The second-order valence-corrected chi connectivity index (χ2v) is 6.40. The average Bonchev–Trinajstić information content (AvgIpc) is 2.95. The molecule has 23 heavy (non-hydrogen) atoms. The number of carbonyl (C=O) groups excluding carboxylic acids is 2. The summed E-state index contributed by atoms with van der Waals surface area (Å²) < 4.78 is 6.35. The van der Waals surface area contributed by atoms with Crippen LogP contribution in [0.4, 0.5) is 5.69 Å². The number of rotatable bonds is 8. The summed E-state index contributed by atoms with van der Waals surface area (Å²) in [7, 11) is 1.58. The Labute approximate surface area is 139 Å². The van der Waals surface area contributed by atoms with Gasteiger partial charge in [0, 0.05) is 50.4 Å². The van der Waals surface area contributed by atoms with E-state index in [4.69, 9.17) is 4.74 Å². The Bertz CT molecular complexity index is 516. The SMILES string of the molecule is COCCNC(=O)Cn1cc(NC(=O)CC2CSCCN2)cn1. The van der Waals surface area contributed by atoms with Gasteiger partial charge in [0.1, 0.15) is 6.54 Å². The second-order valence-electron chi connectivity index (χ2n) is 5.25. The van der Waals surface area contributed by atoms with E-state index < -0.39 is 0 Å². The van der Waals surface area contributed by atoms with Gasteiger partial charge in [-0.25, -0.2) is 0 Å². The van der Waals surface area contributed by atoms with Gasteiger partial charge in [-0.1, -0.05) is 0 Å².